The van der Waals surface area contributed by atoms with Crippen LogP contribution in [0.4, 0.5) is 0 Å². The van der Waals surface area contributed by atoms with Gasteiger partial charge in [-0.3, -0.25) is 13.9 Å². The molecule has 0 aliphatic carbocycles. The molecule has 11 nitrogen and oxygen atoms in total. The van der Waals surface area contributed by atoms with E-state index in [0.717, 1.165) is 16.7 Å². The highest BCUT2D eigenvalue weighted by Crippen LogP contribution is 2.28. The van der Waals surface area contributed by atoms with E-state index in [1.807, 2.05) is 37.3 Å². The highest BCUT2D eigenvalue weighted by Gasteiger charge is 2.17. The summed E-state index contributed by atoms with van der Waals surface area (Å²) in [6, 6.07) is 16.1. The van der Waals surface area contributed by atoms with Crippen molar-refractivity contribution in [1.29, 1.82) is 0 Å². The van der Waals surface area contributed by atoms with Crippen LogP contribution in [0.2, 0.25) is 0 Å². The number of benzene rings is 2. The van der Waals surface area contributed by atoms with Gasteiger partial charge in [0.05, 0.1) is 18.5 Å². The van der Waals surface area contributed by atoms with Crippen LogP contribution in [0.5, 0.6) is 6.01 Å². The zero-order valence-electron chi connectivity index (χ0n) is 21.0. The number of amides is 1. The maximum Gasteiger partial charge on any atom is 0.353 e. The van der Waals surface area contributed by atoms with Gasteiger partial charge in [0.25, 0.3) is 0 Å². The van der Waals surface area contributed by atoms with E-state index in [4.69, 9.17) is 10.5 Å². The van der Waals surface area contributed by atoms with E-state index in [1.165, 1.54) is 25.5 Å². The third kappa shape index (κ3) is 4.09. The second-order valence-electron chi connectivity index (χ2n) is 8.52. The predicted molar refractivity (Wildman–Crippen MR) is 141 cm³/mol. The second kappa shape index (κ2) is 9.69. The molecule has 0 bridgehead atoms. The van der Waals surface area contributed by atoms with Crippen molar-refractivity contribution < 1.29 is 9.53 Å². The highest BCUT2D eigenvalue weighted by molar-refractivity contribution is 5.93. The minimum atomic E-state index is -0.570. The van der Waals surface area contributed by atoms with Crippen molar-refractivity contribution in [2.45, 2.75) is 13.3 Å². The van der Waals surface area contributed by atoms with Gasteiger partial charge in [-0.2, -0.15) is 0 Å². The highest BCUT2D eigenvalue weighted by atomic mass is 16.5. The van der Waals surface area contributed by atoms with Gasteiger partial charge in [0, 0.05) is 36.8 Å². The maximum absolute atomic E-state index is 13.4. The summed E-state index contributed by atoms with van der Waals surface area (Å²) < 4.78 is 10.8. The fourth-order valence-electron chi connectivity index (χ4n) is 4.44. The molecular weight excluding hydrogens is 486 g/mol. The smallest absolute Gasteiger partial charge is 0.353 e. The van der Waals surface area contributed by atoms with Crippen LogP contribution in [-0.4, -0.2) is 41.5 Å². The standard InChI is InChI=1S/C27H25N7O4/c1-4-21-22(17-8-10-19(11-9-17)34-25(38-3)30-31(2)26(34)36)12-13-29-24(21)33-15-14-32(27(33)37)20-7-5-6-18(16-20)23(28)35/h5-16H,4H2,1-3H3,(H2,28,35). The lowest BCUT2D eigenvalue weighted by Crippen LogP contribution is -2.23. The van der Waals surface area contributed by atoms with Gasteiger partial charge in [-0.05, 0) is 53.9 Å². The van der Waals surface area contributed by atoms with Crippen molar-refractivity contribution in [1.82, 2.24) is 28.5 Å². The van der Waals surface area contributed by atoms with Gasteiger partial charge in [0.2, 0.25) is 5.91 Å². The summed E-state index contributed by atoms with van der Waals surface area (Å²) in [5.41, 5.74) is 8.88. The third-order valence-electron chi connectivity index (χ3n) is 6.31. The number of rotatable bonds is 7. The SMILES string of the molecule is CCc1c(-c2ccc(-n3c(OC)nn(C)c3=O)cc2)ccnc1-n1ccn(-c2cccc(C(N)=O)c2)c1=O. The van der Waals surface area contributed by atoms with E-state index < -0.39 is 5.91 Å². The average molecular weight is 512 g/mol. The second-order valence-corrected chi connectivity index (χ2v) is 8.52. The molecule has 2 aromatic carbocycles. The van der Waals surface area contributed by atoms with Crippen molar-refractivity contribution in [3.63, 3.8) is 0 Å². The maximum atomic E-state index is 13.4. The van der Waals surface area contributed by atoms with E-state index in [-0.39, 0.29) is 17.4 Å². The summed E-state index contributed by atoms with van der Waals surface area (Å²) in [5, 5.41) is 4.08. The molecular formula is C27H25N7O4. The Morgan fingerprint density at radius 1 is 0.974 bits per heavy atom. The lowest BCUT2D eigenvalue weighted by Gasteiger charge is -2.14. The Labute approximate surface area is 217 Å². The van der Waals surface area contributed by atoms with Crippen LogP contribution in [0.15, 0.2) is 82.8 Å². The van der Waals surface area contributed by atoms with Gasteiger partial charge in [-0.25, -0.2) is 23.8 Å². The predicted octanol–water partition coefficient (Wildman–Crippen LogP) is 2.24. The quantitative estimate of drug-likeness (QED) is 0.356. The lowest BCUT2D eigenvalue weighted by molar-refractivity contribution is 0.1000. The number of nitrogens with zero attached hydrogens (tertiary/aromatic N) is 6. The molecule has 0 unspecified atom stereocenters. The normalized spacial score (nSPS) is 11.0. The first-order valence-electron chi connectivity index (χ1n) is 11.8. The molecule has 0 saturated carbocycles. The molecule has 1 amide bonds. The number of imidazole rings is 1. The Kier molecular flexibility index (Phi) is 6.25. The number of carbonyl (C=O) groups is 1. The topological polar surface area (TPSA) is 132 Å². The fraction of sp³-hybridized carbons (Fsp3) is 0.148. The number of methoxy groups -OCH3 is 1. The number of hydrogen-bond donors (Lipinski definition) is 1. The van der Waals surface area contributed by atoms with Gasteiger partial charge >= 0.3 is 17.4 Å². The first-order valence-corrected chi connectivity index (χ1v) is 11.8. The molecule has 0 spiro atoms. The molecule has 38 heavy (non-hydrogen) atoms. The summed E-state index contributed by atoms with van der Waals surface area (Å²) in [6.45, 7) is 2.00. The molecule has 0 atom stereocenters. The van der Waals surface area contributed by atoms with Crippen LogP contribution in [0.1, 0.15) is 22.8 Å². The molecule has 0 radical (unpaired) electrons. The van der Waals surface area contributed by atoms with Crippen molar-refractivity contribution in [3.8, 4) is 34.3 Å². The molecule has 0 saturated heterocycles. The van der Waals surface area contributed by atoms with Crippen LogP contribution in [-0.2, 0) is 13.5 Å². The summed E-state index contributed by atoms with van der Waals surface area (Å²) >= 11 is 0. The van der Waals surface area contributed by atoms with Crippen molar-refractivity contribution in [2.75, 3.05) is 7.11 Å². The molecule has 0 fully saturated rings. The summed E-state index contributed by atoms with van der Waals surface area (Å²) in [6.07, 6.45) is 5.55. The van der Waals surface area contributed by atoms with Crippen molar-refractivity contribution in [3.05, 3.63) is 105 Å². The van der Waals surface area contributed by atoms with E-state index in [9.17, 15) is 14.4 Å². The van der Waals surface area contributed by atoms with E-state index >= 15 is 0 Å². The van der Waals surface area contributed by atoms with Gasteiger partial charge in [0.15, 0.2) is 0 Å². The molecule has 2 N–H and O–H groups in total. The summed E-state index contributed by atoms with van der Waals surface area (Å²) in [4.78, 5) is 42.0. The van der Waals surface area contributed by atoms with Crippen molar-refractivity contribution in [2.24, 2.45) is 12.8 Å². The van der Waals surface area contributed by atoms with E-state index in [2.05, 4.69) is 10.1 Å². The monoisotopic (exact) mass is 511 g/mol. The van der Waals surface area contributed by atoms with Gasteiger partial charge in [-0.15, -0.1) is 5.10 Å². The molecule has 5 aromatic rings. The number of primary amides is 1. The molecule has 11 heteroatoms. The minimum absolute atomic E-state index is 0.191. The van der Waals surface area contributed by atoms with Crippen LogP contribution < -0.4 is 21.9 Å². The number of carbonyl (C=O) groups excluding carboxylic acids is 1. The van der Waals surface area contributed by atoms with Crippen LogP contribution in [0.3, 0.4) is 0 Å². The Morgan fingerprint density at radius 3 is 2.39 bits per heavy atom. The molecule has 3 aromatic heterocycles. The summed E-state index contributed by atoms with van der Waals surface area (Å²) in [5.74, 6) is -0.0612. The van der Waals surface area contributed by atoms with E-state index in [1.54, 1.807) is 49.9 Å². The molecule has 192 valence electrons. The average Bonchev–Trinajstić information content (AvgIpc) is 3.46. The van der Waals surface area contributed by atoms with Crippen molar-refractivity contribution >= 4 is 5.91 Å². The largest absolute Gasteiger partial charge is 0.467 e. The van der Waals surface area contributed by atoms with Crippen LogP contribution >= 0.6 is 0 Å². The van der Waals surface area contributed by atoms with Gasteiger partial charge in [0.1, 0.15) is 5.82 Å². The minimum Gasteiger partial charge on any atom is -0.467 e. The molecule has 0 aliphatic rings. The fourth-order valence-corrected chi connectivity index (χ4v) is 4.44. The van der Waals surface area contributed by atoms with Crippen LogP contribution in [0.25, 0.3) is 28.3 Å². The van der Waals surface area contributed by atoms with E-state index in [0.29, 0.717) is 29.2 Å². The Balaban J connectivity index is 1.56. The zero-order valence-corrected chi connectivity index (χ0v) is 21.0. The third-order valence-corrected chi connectivity index (χ3v) is 6.31. The first-order chi connectivity index (χ1) is 18.3. The Bertz CT molecular complexity index is 1770. The number of ether oxygens (including phenoxy) is 1. The number of hydrogen-bond acceptors (Lipinski definition) is 6. The van der Waals surface area contributed by atoms with Gasteiger partial charge < -0.3 is 10.5 Å². The lowest BCUT2D eigenvalue weighted by atomic mass is 9.99. The number of aryl methyl sites for hydroxylation is 1. The Morgan fingerprint density at radius 2 is 1.71 bits per heavy atom. The zero-order chi connectivity index (χ0) is 27.0. The molecule has 0 aliphatic heterocycles. The van der Waals surface area contributed by atoms with Crippen LogP contribution in [0, 0.1) is 0 Å². The first kappa shape index (κ1) is 24.5. The Hall–Kier alpha value is -5.19. The number of aromatic nitrogens is 6. The molecule has 5 rings (SSSR count). The van der Waals surface area contributed by atoms with Gasteiger partial charge in [-0.1, -0.05) is 25.1 Å². The number of nitrogens with two attached hydrogens (primary N) is 1. The number of pyridine rings is 1. The summed E-state index contributed by atoms with van der Waals surface area (Å²) in [7, 11) is 3.02. The molecule has 3 heterocycles.